The number of halogens is 1. The number of benzene rings is 2. The van der Waals surface area contributed by atoms with Gasteiger partial charge in [0, 0.05) is 18.5 Å². The molecule has 0 bridgehead atoms. The molecule has 1 N–H and O–H groups in total. The molecule has 0 aliphatic carbocycles. The summed E-state index contributed by atoms with van der Waals surface area (Å²) in [5.41, 5.74) is 2.19. The highest BCUT2D eigenvalue weighted by molar-refractivity contribution is 6.02. The number of nitrogens with one attached hydrogen (secondary N) is 1. The van der Waals surface area contributed by atoms with E-state index in [4.69, 9.17) is 4.74 Å². The van der Waals surface area contributed by atoms with Crippen LogP contribution in [0.1, 0.15) is 31.7 Å². The zero-order chi connectivity index (χ0) is 21.5. The van der Waals surface area contributed by atoms with E-state index < -0.39 is 23.8 Å². The topological polar surface area (TPSA) is 88.1 Å². The normalized spacial score (nSPS) is 14.1. The van der Waals surface area contributed by atoms with Gasteiger partial charge < -0.3 is 10.1 Å². The van der Waals surface area contributed by atoms with Crippen molar-refractivity contribution in [3.05, 3.63) is 66.0 Å². The average Bonchev–Trinajstić information content (AvgIpc) is 3.24. The molecule has 0 unspecified atom stereocenters. The molecule has 0 radical (unpaired) electrons. The van der Waals surface area contributed by atoms with Crippen molar-refractivity contribution in [3.63, 3.8) is 0 Å². The summed E-state index contributed by atoms with van der Waals surface area (Å²) in [6.07, 6.45) is -0.607. The molecule has 2 aromatic carbocycles. The van der Waals surface area contributed by atoms with Gasteiger partial charge in [0.2, 0.25) is 5.91 Å². The van der Waals surface area contributed by atoms with Crippen molar-refractivity contribution in [2.75, 3.05) is 11.9 Å². The van der Waals surface area contributed by atoms with E-state index in [1.54, 1.807) is 0 Å². The molecule has 3 rings (SSSR count). The molecule has 0 fully saturated rings. The fraction of sp³-hybridized carbons (Fsp3) is 0.273. The van der Waals surface area contributed by atoms with Crippen LogP contribution in [-0.2, 0) is 19.1 Å². The SMILES string of the molecule is C[C@@H](OC(=O)CCC(=O)N1CCC(c2ccccc2)=N1)C(=O)Nc1ccc(F)cc1. The van der Waals surface area contributed by atoms with Crippen LogP contribution in [0.2, 0.25) is 0 Å². The lowest BCUT2D eigenvalue weighted by Crippen LogP contribution is -2.30. The van der Waals surface area contributed by atoms with Crippen LogP contribution in [0.25, 0.3) is 0 Å². The number of carbonyl (C=O) groups is 3. The monoisotopic (exact) mass is 411 g/mol. The highest BCUT2D eigenvalue weighted by atomic mass is 19.1. The maximum absolute atomic E-state index is 12.9. The van der Waals surface area contributed by atoms with Crippen LogP contribution in [0.15, 0.2) is 59.7 Å². The van der Waals surface area contributed by atoms with Crippen molar-refractivity contribution in [2.24, 2.45) is 5.10 Å². The number of nitrogens with zero attached hydrogens (tertiary/aromatic N) is 2. The van der Waals surface area contributed by atoms with E-state index in [0.717, 1.165) is 11.3 Å². The number of ether oxygens (including phenoxy) is 1. The predicted octanol–water partition coefficient (Wildman–Crippen LogP) is 3.11. The molecule has 1 atom stereocenters. The number of carbonyl (C=O) groups excluding carboxylic acids is 3. The molecular formula is C22H22FN3O4. The molecule has 1 aliphatic rings. The molecule has 0 saturated heterocycles. The summed E-state index contributed by atoms with van der Waals surface area (Å²) >= 11 is 0. The first-order valence-corrected chi connectivity index (χ1v) is 9.61. The van der Waals surface area contributed by atoms with E-state index in [9.17, 15) is 18.8 Å². The molecule has 0 spiro atoms. The van der Waals surface area contributed by atoms with Crippen LogP contribution in [0, 0.1) is 5.82 Å². The van der Waals surface area contributed by atoms with E-state index in [1.807, 2.05) is 30.3 Å². The number of hydrogen-bond donors (Lipinski definition) is 1. The highest BCUT2D eigenvalue weighted by Gasteiger charge is 2.23. The molecule has 30 heavy (non-hydrogen) atoms. The summed E-state index contributed by atoms with van der Waals surface area (Å²) in [5.74, 6) is -1.90. The minimum atomic E-state index is -1.05. The van der Waals surface area contributed by atoms with E-state index in [2.05, 4.69) is 10.4 Å². The first kappa shape index (κ1) is 21.2. The third-order valence-electron chi connectivity index (χ3n) is 4.53. The van der Waals surface area contributed by atoms with Crippen molar-refractivity contribution in [1.29, 1.82) is 0 Å². The average molecular weight is 411 g/mol. The maximum Gasteiger partial charge on any atom is 0.307 e. The number of rotatable bonds is 7. The van der Waals surface area contributed by atoms with Gasteiger partial charge in [0.05, 0.1) is 18.7 Å². The second-order valence-electron chi connectivity index (χ2n) is 6.81. The zero-order valence-electron chi connectivity index (χ0n) is 16.5. The fourth-order valence-electron chi connectivity index (χ4n) is 2.90. The molecule has 2 amide bonds. The Kier molecular flexibility index (Phi) is 6.90. The van der Waals surface area contributed by atoms with E-state index >= 15 is 0 Å². The van der Waals surface area contributed by atoms with E-state index in [0.29, 0.717) is 18.7 Å². The lowest BCUT2D eigenvalue weighted by Gasteiger charge is -2.14. The number of esters is 1. The van der Waals surface area contributed by atoms with Crippen molar-refractivity contribution >= 4 is 29.2 Å². The van der Waals surface area contributed by atoms with Gasteiger partial charge in [-0.2, -0.15) is 5.10 Å². The third-order valence-corrected chi connectivity index (χ3v) is 4.53. The second-order valence-corrected chi connectivity index (χ2v) is 6.81. The summed E-state index contributed by atoms with van der Waals surface area (Å²) in [7, 11) is 0. The van der Waals surface area contributed by atoms with Crippen LogP contribution in [0.5, 0.6) is 0 Å². The number of anilines is 1. The van der Waals surface area contributed by atoms with E-state index in [1.165, 1.54) is 36.2 Å². The first-order chi connectivity index (χ1) is 14.4. The van der Waals surface area contributed by atoms with Gasteiger partial charge >= 0.3 is 5.97 Å². The van der Waals surface area contributed by atoms with E-state index in [-0.39, 0.29) is 18.7 Å². The molecule has 156 valence electrons. The third kappa shape index (κ3) is 5.73. The molecule has 0 saturated carbocycles. The molecule has 8 heteroatoms. The maximum atomic E-state index is 12.9. The second kappa shape index (κ2) is 9.78. The summed E-state index contributed by atoms with van der Waals surface area (Å²) in [4.78, 5) is 36.4. The summed E-state index contributed by atoms with van der Waals surface area (Å²) < 4.78 is 18.0. The number of hydrogen-bond acceptors (Lipinski definition) is 5. The standard InChI is InChI=1S/C22H22FN3O4/c1-15(22(29)24-18-9-7-17(23)8-10-18)30-21(28)12-11-20(27)26-14-13-19(25-26)16-5-3-2-4-6-16/h2-10,15H,11-14H2,1H3,(H,24,29)/t15-/m1/s1. The first-order valence-electron chi connectivity index (χ1n) is 9.61. The van der Waals surface area contributed by atoms with Gasteiger partial charge in [0.15, 0.2) is 6.10 Å². The Bertz CT molecular complexity index is 945. The van der Waals surface area contributed by atoms with Gasteiger partial charge in [-0.1, -0.05) is 30.3 Å². The van der Waals surface area contributed by atoms with Crippen LogP contribution in [-0.4, -0.2) is 41.2 Å². The minimum absolute atomic E-state index is 0.0588. The Hall–Kier alpha value is -3.55. The van der Waals surface area contributed by atoms with Crippen molar-refractivity contribution in [1.82, 2.24) is 5.01 Å². The molecule has 2 aromatic rings. The van der Waals surface area contributed by atoms with Crippen LogP contribution < -0.4 is 5.32 Å². The lowest BCUT2D eigenvalue weighted by atomic mass is 10.1. The van der Waals surface area contributed by atoms with Crippen molar-refractivity contribution in [2.45, 2.75) is 32.3 Å². The van der Waals surface area contributed by atoms with Gasteiger partial charge in [0.25, 0.3) is 5.91 Å². The predicted molar refractivity (Wildman–Crippen MR) is 109 cm³/mol. The van der Waals surface area contributed by atoms with Crippen molar-refractivity contribution < 1.29 is 23.5 Å². The molecular weight excluding hydrogens is 389 g/mol. The van der Waals surface area contributed by atoms with Gasteiger partial charge in [-0.3, -0.25) is 14.4 Å². The van der Waals surface area contributed by atoms with Crippen LogP contribution >= 0.6 is 0 Å². The Morgan fingerprint density at radius 3 is 2.50 bits per heavy atom. The Balaban J connectivity index is 1.43. The largest absolute Gasteiger partial charge is 0.453 e. The highest BCUT2D eigenvalue weighted by Crippen LogP contribution is 2.15. The van der Waals surface area contributed by atoms with Crippen LogP contribution in [0.4, 0.5) is 10.1 Å². The summed E-state index contributed by atoms with van der Waals surface area (Å²) in [6.45, 7) is 1.89. The van der Waals surface area contributed by atoms with Gasteiger partial charge in [-0.15, -0.1) is 0 Å². The Morgan fingerprint density at radius 2 is 1.80 bits per heavy atom. The Morgan fingerprint density at radius 1 is 1.10 bits per heavy atom. The number of hydrazone groups is 1. The molecule has 7 nitrogen and oxygen atoms in total. The smallest absolute Gasteiger partial charge is 0.307 e. The van der Waals surface area contributed by atoms with Gasteiger partial charge in [-0.25, -0.2) is 9.40 Å². The fourth-order valence-corrected chi connectivity index (χ4v) is 2.90. The minimum Gasteiger partial charge on any atom is -0.453 e. The van der Waals surface area contributed by atoms with Crippen molar-refractivity contribution in [3.8, 4) is 0 Å². The number of amides is 2. The van der Waals surface area contributed by atoms with Gasteiger partial charge in [0.1, 0.15) is 5.82 Å². The zero-order valence-corrected chi connectivity index (χ0v) is 16.5. The summed E-state index contributed by atoms with van der Waals surface area (Å²) in [5, 5.41) is 8.23. The summed E-state index contributed by atoms with van der Waals surface area (Å²) in [6, 6.07) is 14.8. The molecule has 1 heterocycles. The Labute approximate surface area is 173 Å². The molecule has 1 aliphatic heterocycles. The molecule has 0 aromatic heterocycles. The van der Waals surface area contributed by atoms with Crippen LogP contribution in [0.3, 0.4) is 0 Å². The quantitative estimate of drug-likeness (QED) is 0.709. The lowest BCUT2D eigenvalue weighted by molar-refractivity contribution is -0.154. The van der Waals surface area contributed by atoms with Gasteiger partial charge in [-0.05, 0) is 36.8 Å².